The van der Waals surface area contributed by atoms with E-state index in [1.807, 2.05) is 19.1 Å². The van der Waals surface area contributed by atoms with Crippen molar-refractivity contribution in [1.82, 2.24) is 5.43 Å². The number of rotatable bonds is 8. The number of carbonyl (C=O) groups excluding carboxylic acids is 1. The molecule has 0 bridgehead atoms. The van der Waals surface area contributed by atoms with Gasteiger partial charge >= 0.3 is 6.61 Å². The number of nitrogens with one attached hydrogen (secondary N) is 2. The molecule has 1 amide bonds. The van der Waals surface area contributed by atoms with Gasteiger partial charge in [0.2, 0.25) is 0 Å². The fourth-order valence-corrected chi connectivity index (χ4v) is 2.34. The number of alkyl halides is 2. The maximum atomic E-state index is 12.6. The second-order valence-electron chi connectivity index (χ2n) is 5.66. The molecule has 0 aliphatic rings. The summed E-state index contributed by atoms with van der Waals surface area (Å²) in [6.45, 7) is 0.435. The minimum atomic E-state index is -2.95. The molecule has 2 aromatic carbocycles. The molecule has 0 saturated carbocycles. The lowest BCUT2D eigenvalue weighted by Gasteiger charge is -2.12. The summed E-state index contributed by atoms with van der Waals surface area (Å²) < 4.78 is 34.8. The van der Waals surface area contributed by atoms with Crippen LogP contribution in [-0.4, -0.2) is 31.9 Å². The number of hydrogen-bond acceptors (Lipinski definition) is 5. The quantitative estimate of drug-likeness (QED) is 0.545. The third-order valence-corrected chi connectivity index (χ3v) is 3.64. The smallest absolute Gasteiger partial charge is 0.387 e. The van der Waals surface area contributed by atoms with E-state index in [9.17, 15) is 13.6 Å². The van der Waals surface area contributed by atoms with Crippen LogP contribution in [-0.2, 0) is 4.79 Å². The predicted molar refractivity (Wildman–Crippen MR) is 99.6 cm³/mol. The van der Waals surface area contributed by atoms with Crippen LogP contribution in [0.25, 0.3) is 0 Å². The first kappa shape index (κ1) is 20.2. The van der Waals surface area contributed by atoms with Gasteiger partial charge in [0.25, 0.3) is 5.91 Å². The second-order valence-corrected chi connectivity index (χ2v) is 5.66. The number of nitrogens with zero attached hydrogens (tertiary/aromatic N) is 1. The van der Waals surface area contributed by atoms with E-state index in [2.05, 4.69) is 20.6 Å². The molecule has 0 aliphatic heterocycles. The lowest BCUT2D eigenvalue weighted by atomic mass is 10.1. The third kappa shape index (κ3) is 5.95. The van der Waals surface area contributed by atoms with E-state index in [0.29, 0.717) is 22.7 Å². The lowest BCUT2D eigenvalue weighted by molar-refractivity contribution is -0.119. The summed E-state index contributed by atoms with van der Waals surface area (Å²) in [4.78, 5) is 12.0. The van der Waals surface area contributed by atoms with Crippen molar-refractivity contribution >= 4 is 17.3 Å². The van der Waals surface area contributed by atoms with Gasteiger partial charge in [-0.3, -0.25) is 4.79 Å². The summed E-state index contributed by atoms with van der Waals surface area (Å²) in [5.74, 6) is 0.209. The monoisotopic (exact) mass is 377 g/mol. The van der Waals surface area contributed by atoms with Crippen LogP contribution in [0, 0.1) is 6.92 Å². The SMILES string of the molecule is COc1ccccc1NCC(=O)N/N=C(/C)c1cc(C)ccc1OC(F)F. The van der Waals surface area contributed by atoms with E-state index in [-0.39, 0.29) is 12.3 Å². The van der Waals surface area contributed by atoms with E-state index in [0.717, 1.165) is 5.56 Å². The van der Waals surface area contributed by atoms with Crippen LogP contribution in [0.5, 0.6) is 11.5 Å². The van der Waals surface area contributed by atoms with Crippen LogP contribution >= 0.6 is 0 Å². The Balaban J connectivity index is 2.02. The number of carbonyl (C=O) groups is 1. The Kier molecular flexibility index (Phi) is 7.10. The zero-order chi connectivity index (χ0) is 19.8. The second kappa shape index (κ2) is 9.51. The number of aryl methyl sites for hydroxylation is 1. The first-order valence-electron chi connectivity index (χ1n) is 8.16. The average Bonchev–Trinajstić information content (AvgIpc) is 2.65. The molecule has 0 fully saturated rings. The van der Waals surface area contributed by atoms with Crippen LogP contribution < -0.4 is 20.2 Å². The molecule has 0 saturated heterocycles. The molecular weight excluding hydrogens is 356 g/mol. The number of halogens is 2. The van der Waals surface area contributed by atoms with E-state index >= 15 is 0 Å². The van der Waals surface area contributed by atoms with Gasteiger partial charge in [-0.1, -0.05) is 23.8 Å². The first-order valence-corrected chi connectivity index (χ1v) is 8.16. The number of anilines is 1. The zero-order valence-corrected chi connectivity index (χ0v) is 15.3. The van der Waals surface area contributed by atoms with Crippen molar-refractivity contribution in [2.45, 2.75) is 20.5 Å². The van der Waals surface area contributed by atoms with Crippen molar-refractivity contribution < 1.29 is 23.0 Å². The molecule has 0 aromatic heterocycles. The molecule has 0 aliphatic carbocycles. The highest BCUT2D eigenvalue weighted by atomic mass is 19.3. The molecule has 2 N–H and O–H groups in total. The molecule has 8 heteroatoms. The normalized spacial score (nSPS) is 11.3. The third-order valence-electron chi connectivity index (χ3n) is 3.64. The van der Waals surface area contributed by atoms with Crippen molar-refractivity contribution in [3.8, 4) is 11.5 Å². The average molecular weight is 377 g/mol. The Bertz CT molecular complexity index is 826. The molecule has 0 spiro atoms. The van der Waals surface area contributed by atoms with Crippen LogP contribution in [0.4, 0.5) is 14.5 Å². The Labute approximate surface area is 156 Å². The highest BCUT2D eigenvalue weighted by Crippen LogP contribution is 2.23. The van der Waals surface area contributed by atoms with Gasteiger partial charge in [0.1, 0.15) is 11.5 Å². The minimum Gasteiger partial charge on any atom is -0.495 e. The Morgan fingerprint density at radius 1 is 1.19 bits per heavy atom. The summed E-state index contributed by atoms with van der Waals surface area (Å²) in [5.41, 5.74) is 4.64. The van der Waals surface area contributed by atoms with Gasteiger partial charge in [-0.25, -0.2) is 5.43 Å². The standard InChI is InChI=1S/C19H21F2N3O3/c1-12-8-9-16(27-19(20)21)14(10-12)13(2)23-24-18(25)11-22-15-6-4-5-7-17(15)26-3/h4-10,19,22H,11H2,1-3H3,(H,24,25)/b23-13-. The number of ether oxygens (including phenoxy) is 2. The molecule has 144 valence electrons. The molecule has 27 heavy (non-hydrogen) atoms. The summed E-state index contributed by atoms with van der Waals surface area (Å²) >= 11 is 0. The van der Waals surface area contributed by atoms with Crippen LogP contribution in [0.15, 0.2) is 47.6 Å². The van der Waals surface area contributed by atoms with Crippen molar-refractivity contribution in [2.75, 3.05) is 19.0 Å². The number of benzene rings is 2. The van der Waals surface area contributed by atoms with Gasteiger partial charge in [0, 0.05) is 5.56 Å². The predicted octanol–water partition coefficient (Wildman–Crippen LogP) is 3.56. The van der Waals surface area contributed by atoms with Gasteiger partial charge in [0.05, 0.1) is 25.1 Å². The fourth-order valence-electron chi connectivity index (χ4n) is 2.34. The Hall–Kier alpha value is -3.16. The number of para-hydroxylation sites is 2. The minimum absolute atomic E-state index is 0.00162. The number of amides is 1. The first-order chi connectivity index (χ1) is 12.9. The maximum Gasteiger partial charge on any atom is 0.387 e. The van der Waals surface area contributed by atoms with Gasteiger partial charge in [0.15, 0.2) is 0 Å². The van der Waals surface area contributed by atoms with E-state index in [1.54, 1.807) is 31.2 Å². The topological polar surface area (TPSA) is 72.0 Å². The van der Waals surface area contributed by atoms with Gasteiger partial charge in [-0.05, 0) is 38.1 Å². The molecule has 6 nitrogen and oxygen atoms in total. The number of hydrazone groups is 1. The molecular formula is C19H21F2N3O3. The van der Waals surface area contributed by atoms with Crippen molar-refractivity contribution in [1.29, 1.82) is 0 Å². The molecule has 0 unspecified atom stereocenters. The highest BCUT2D eigenvalue weighted by Gasteiger charge is 2.12. The molecule has 2 rings (SSSR count). The maximum absolute atomic E-state index is 12.6. The van der Waals surface area contributed by atoms with Crippen molar-refractivity contribution in [2.24, 2.45) is 5.10 Å². The summed E-state index contributed by atoms with van der Waals surface area (Å²) in [6, 6.07) is 11.9. The number of hydrogen-bond donors (Lipinski definition) is 2. The number of methoxy groups -OCH3 is 1. The van der Waals surface area contributed by atoms with Crippen molar-refractivity contribution in [3.05, 3.63) is 53.6 Å². The van der Waals surface area contributed by atoms with Crippen LogP contribution in [0.1, 0.15) is 18.1 Å². The highest BCUT2D eigenvalue weighted by molar-refractivity contribution is 6.01. The molecule has 2 aromatic rings. The van der Waals surface area contributed by atoms with Crippen molar-refractivity contribution in [3.63, 3.8) is 0 Å². The largest absolute Gasteiger partial charge is 0.495 e. The molecule has 0 radical (unpaired) electrons. The summed E-state index contributed by atoms with van der Waals surface area (Å²) in [5, 5.41) is 6.92. The van der Waals surface area contributed by atoms with Crippen LogP contribution in [0.2, 0.25) is 0 Å². The van der Waals surface area contributed by atoms with Crippen LogP contribution in [0.3, 0.4) is 0 Å². The van der Waals surface area contributed by atoms with Gasteiger partial charge < -0.3 is 14.8 Å². The fraction of sp³-hybridized carbons (Fsp3) is 0.263. The molecule has 0 atom stereocenters. The summed E-state index contributed by atoms with van der Waals surface area (Å²) in [7, 11) is 1.54. The van der Waals surface area contributed by atoms with E-state index < -0.39 is 12.5 Å². The Morgan fingerprint density at radius 2 is 1.93 bits per heavy atom. The van der Waals surface area contributed by atoms with Gasteiger partial charge in [-0.15, -0.1) is 0 Å². The van der Waals surface area contributed by atoms with E-state index in [4.69, 9.17) is 4.74 Å². The van der Waals surface area contributed by atoms with E-state index in [1.165, 1.54) is 13.2 Å². The lowest BCUT2D eigenvalue weighted by Crippen LogP contribution is -2.27. The Morgan fingerprint density at radius 3 is 2.63 bits per heavy atom. The van der Waals surface area contributed by atoms with Gasteiger partial charge in [-0.2, -0.15) is 13.9 Å². The zero-order valence-electron chi connectivity index (χ0n) is 15.3. The summed E-state index contributed by atoms with van der Waals surface area (Å²) in [6.07, 6.45) is 0. The molecule has 0 heterocycles.